The van der Waals surface area contributed by atoms with Crippen molar-refractivity contribution in [3.63, 3.8) is 0 Å². The maximum absolute atomic E-state index is 5.42. The predicted octanol–water partition coefficient (Wildman–Crippen LogP) is 1.81. The van der Waals surface area contributed by atoms with Crippen LogP contribution in [0.15, 0.2) is 0 Å². The molecule has 3 atom stereocenters. The summed E-state index contributed by atoms with van der Waals surface area (Å²) in [5.74, 6) is 0.817. The summed E-state index contributed by atoms with van der Waals surface area (Å²) in [6, 6.07) is 1.19. The van der Waals surface area contributed by atoms with Crippen LogP contribution in [0.5, 0.6) is 0 Å². The zero-order valence-electron chi connectivity index (χ0n) is 14.3. The van der Waals surface area contributed by atoms with E-state index in [0.29, 0.717) is 12.1 Å². The molecule has 0 spiro atoms. The van der Waals surface area contributed by atoms with Gasteiger partial charge in [0.2, 0.25) is 0 Å². The van der Waals surface area contributed by atoms with Gasteiger partial charge in [0.25, 0.3) is 0 Å². The Morgan fingerprint density at radius 2 is 1.90 bits per heavy atom. The van der Waals surface area contributed by atoms with E-state index in [-0.39, 0.29) is 0 Å². The van der Waals surface area contributed by atoms with Crippen LogP contribution >= 0.6 is 0 Å². The molecule has 0 amide bonds. The summed E-state index contributed by atoms with van der Waals surface area (Å²) in [5.41, 5.74) is 0. The highest BCUT2D eigenvalue weighted by Crippen LogP contribution is 2.20. The maximum Gasteiger partial charge on any atom is 0.0594 e. The van der Waals surface area contributed by atoms with Crippen LogP contribution in [0.1, 0.15) is 40.0 Å². The van der Waals surface area contributed by atoms with Gasteiger partial charge in [-0.2, -0.15) is 0 Å². The lowest BCUT2D eigenvalue weighted by molar-refractivity contribution is 0.0330. The van der Waals surface area contributed by atoms with Crippen LogP contribution in [0.25, 0.3) is 0 Å². The Balaban J connectivity index is 1.70. The van der Waals surface area contributed by atoms with Crippen LogP contribution in [0.4, 0.5) is 0 Å². The fraction of sp³-hybridized carbons (Fsp3) is 1.00. The maximum atomic E-state index is 5.42. The van der Waals surface area contributed by atoms with E-state index in [1.54, 1.807) is 0 Å². The van der Waals surface area contributed by atoms with Crippen LogP contribution in [0, 0.1) is 5.92 Å². The van der Waals surface area contributed by atoms with Gasteiger partial charge >= 0.3 is 0 Å². The first-order chi connectivity index (χ1) is 10.2. The summed E-state index contributed by atoms with van der Waals surface area (Å²) < 4.78 is 5.42. The van der Waals surface area contributed by atoms with E-state index in [4.69, 9.17) is 4.74 Å². The number of hydrogen-bond donors (Lipinski definition) is 1. The van der Waals surface area contributed by atoms with Crippen LogP contribution < -0.4 is 5.32 Å². The molecule has 4 nitrogen and oxygen atoms in total. The summed E-state index contributed by atoms with van der Waals surface area (Å²) in [4.78, 5) is 5.18. The van der Waals surface area contributed by atoms with Crippen molar-refractivity contribution in [2.75, 3.05) is 52.5 Å². The molecule has 0 saturated carbocycles. The molecule has 2 aliphatic heterocycles. The van der Waals surface area contributed by atoms with Crippen molar-refractivity contribution >= 4 is 0 Å². The van der Waals surface area contributed by atoms with Gasteiger partial charge in [-0.1, -0.05) is 6.92 Å². The number of hydrogen-bond acceptors (Lipinski definition) is 4. The molecular weight excluding hydrogens is 262 g/mol. The molecule has 4 heteroatoms. The van der Waals surface area contributed by atoms with Gasteiger partial charge in [-0.25, -0.2) is 0 Å². The highest BCUT2D eigenvalue weighted by Gasteiger charge is 2.25. The predicted molar refractivity (Wildman–Crippen MR) is 88.8 cm³/mol. The fourth-order valence-corrected chi connectivity index (χ4v) is 3.83. The van der Waals surface area contributed by atoms with E-state index >= 15 is 0 Å². The first-order valence-corrected chi connectivity index (χ1v) is 8.97. The van der Waals surface area contributed by atoms with Gasteiger partial charge in [-0.3, -0.25) is 4.90 Å². The molecule has 0 aromatic carbocycles. The number of ether oxygens (including phenoxy) is 1. The van der Waals surface area contributed by atoms with Gasteiger partial charge in [0.15, 0.2) is 0 Å². The molecule has 1 N–H and O–H groups in total. The molecule has 0 aromatic rings. The van der Waals surface area contributed by atoms with Gasteiger partial charge in [-0.05, 0) is 52.1 Å². The first-order valence-electron chi connectivity index (χ1n) is 8.97. The quantitative estimate of drug-likeness (QED) is 0.775. The number of morpholine rings is 1. The van der Waals surface area contributed by atoms with Gasteiger partial charge in [0.1, 0.15) is 0 Å². The normalized spacial score (nSPS) is 28.4. The minimum absolute atomic E-state index is 0.569. The third-order valence-electron chi connectivity index (χ3n) is 4.97. The molecule has 0 bridgehead atoms. The standard InChI is InChI=1S/C17H35N3O/c1-4-7-19-8-5-6-17(14-19)16(3)18-15(2)13-20-9-11-21-12-10-20/h15-18H,4-14H2,1-3H3. The molecular formula is C17H35N3O. The largest absolute Gasteiger partial charge is 0.379 e. The molecule has 124 valence electrons. The van der Waals surface area contributed by atoms with Crippen molar-refractivity contribution in [2.24, 2.45) is 5.92 Å². The fourth-order valence-electron chi connectivity index (χ4n) is 3.83. The van der Waals surface area contributed by atoms with Gasteiger partial charge < -0.3 is 15.0 Å². The highest BCUT2D eigenvalue weighted by molar-refractivity contribution is 4.83. The molecule has 2 fully saturated rings. The lowest BCUT2D eigenvalue weighted by Gasteiger charge is -2.38. The molecule has 21 heavy (non-hydrogen) atoms. The molecule has 2 aliphatic rings. The van der Waals surface area contributed by atoms with Crippen molar-refractivity contribution < 1.29 is 4.74 Å². The monoisotopic (exact) mass is 297 g/mol. The number of likely N-dealkylation sites (tertiary alicyclic amines) is 1. The second kappa shape index (κ2) is 9.09. The van der Waals surface area contributed by atoms with Gasteiger partial charge in [0, 0.05) is 38.3 Å². The zero-order chi connectivity index (χ0) is 15.1. The van der Waals surface area contributed by atoms with Crippen molar-refractivity contribution in [2.45, 2.75) is 52.1 Å². The van der Waals surface area contributed by atoms with Crippen LogP contribution in [-0.4, -0.2) is 74.4 Å². The Hall–Kier alpha value is -0.160. The molecule has 2 rings (SSSR count). The molecule has 2 heterocycles. The van der Waals surface area contributed by atoms with E-state index in [0.717, 1.165) is 38.8 Å². The molecule has 0 aromatic heterocycles. The van der Waals surface area contributed by atoms with Gasteiger partial charge in [-0.15, -0.1) is 0 Å². The van der Waals surface area contributed by atoms with E-state index in [2.05, 4.69) is 35.9 Å². The second-order valence-corrected chi connectivity index (χ2v) is 6.97. The lowest BCUT2D eigenvalue weighted by Crippen LogP contribution is -2.50. The Morgan fingerprint density at radius 1 is 1.14 bits per heavy atom. The minimum atomic E-state index is 0.569. The highest BCUT2D eigenvalue weighted by atomic mass is 16.5. The van der Waals surface area contributed by atoms with E-state index in [9.17, 15) is 0 Å². The Bertz CT molecular complexity index is 279. The average molecular weight is 297 g/mol. The summed E-state index contributed by atoms with van der Waals surface area (Å²) >= 11 is 0. The Labute approximate surface area is 131 Å². The summed E-state index contributed by atoms with van der Waals surface area (Å²) in [7, 11) is 0. The van der Waals surface area contributed by atoms with Crippen molar-refractivity contribution in [1.29, 1.82) is 0 Å². The third-order valence-corrected chi connectivity index (χ3v) is 4.97. The SMILES string of the molecule is CCCN1CCCC(C(C)NC(C)CN2CCOCC2)C1. The summed E-state index contributed by atoms with van der Waals surface area (Å²) in [5, 5.41) is 3.85. The number of nitrogens with zero attached hydrogens (tertiary/aromatic N) is 2. The number of rotatable bonds is 7. The van der Waals surface area contributed by atoms with Crippen molar-refractivity contribution in [1.82, 2.24) is 15.1 Å². The van der Waals surface area contributed by atoms with Gasteiger partial charge in [0.05, 0.1) is 13.2 Å². The topological polar surface area (TPSA) is 27.7 Å². The molecule has 0 radical (unpaired) electrons. The van der Waals surface area contributed by atoms with Crippen LogP contribution in [0.2, 0.25) is 0 Å². The van der Waals surface area contributed by atoms with Crippen LogP contribution in [-0.2, 0) is 4.74 Å². The first kappa shape index (κ1) is 17.2. The van der Waals surface area contributed by atoms with Crippen molar-refractivity contribution in [3.05, 3.63) is 0 Å². The van der Waals surface area contributed by atoms with E-state index in [1.165, 1.54) is 38.9 Å². The number of piperidine rings is 1. The second-order valence-electron chi connectivity index (χ2n) is 6.97. The third kappa shape index (κ3) is 5.85. The minimum Gasteiger partial charge on any atom is -0.379 e. The summed E-state index contributed by atoms with van der Waals surface area (Å²) in [6.07, 6.45) is 4.04. The van der Waals surface area contributed by atoms with E-state index < -0.39 is 0 Å². The molecule has 2 saturated heterocycles. The Kier molecular flexibility index (Phi) is 7.44. The summed E-state index contributed by atoms with van der Waals surface area (Å²) in [6.45, 7) is 16.0. The van der Waals surface area contributed by atoms with Crippen molar-refractivity contribution in [3.8, 4) is 0 Å². The molecule has 3 unspecified atom stereocenters. The smallest absolute Gasteiger partial charge is 0.0594 e. The molecule has 0 aliphatic carbocycles. The average Bonchev–Trinajstić information content (AvgIpc) is 2.48. The number of nitrogens with one attached hydrogen (secondary N) is 1. The van der Waals surface area contributed by atoms with E-state index in [1.807, 2.05) is 0 Å². The van der Waals surface area contributed by atoms with Crippen LogP contribution in [0.3, 0.4) is 0 Å². The Morgan fingerprint density at radius 3 is 2.62 bits per heavy atom. The zero-order valence-corrected chi connectivity index (χ0v) is 14.3. The lowest BCUT2D eigenvalue weighted by atomic mass is 9.91.